The fraction of sp³-hybridized carbons (Fsp3) is 0.0500. The van der Waals surface area contributed by atoms with Gasteiger partial charge in [-0.2, -0.15) is 0 Å². The van der Waals surface area contributed by atoms with E-state index < -0.39 is 0 Å². The lowest BCUT2D eigenvalue weighted by atomic mass is 10.2. The summed E-state index contributed by atoms with van der Waals surface area (Å²) in [6, 6.07) is 15.2. The smallest absolute Gasteiger partial charge is 0.283 e. The lowest BCUT2D eigenvalue weighted by Gasteiger charge is -2.09. The van der Waals surface area contributed by atoms with Gasteiger partial charge in [-0.25, -0.2) is 0 Å². The summed E-state index contributed by atoms with van der Waals surface area (Å²) >= 11 is 11.8. The van der Waals surface area contributed by atoms with Crippen LogP contribution in [0.15, 0.2) is 69.7 Å². The first-order valence-corrected chi connectivity index (χ1v) is 9.19. The summed E-state index contributed by atoms with van der Waals surface area (Å²) in [5, 5.41) is 11.5. The van der Waals surface area contributed by atoms with Gasteiger partial charge in [-0.05, 0) is 54.6 Å². The van der Waals surface area contributed by atoms with Gasteiger partial charge in [0.15, 0.2) is 12.4 Å². The van der Waals surface area contributed by atoms with Crippen molar-refractivity contribution in [3.63, 3.8) is 0 Å². The van der Waals surface area contributed by atoms with Crippen LogP contribution in [0.4, 0.5) is 5.69 Å². The Kier molecular flexibility index (Phi) is 5.50. The zero-order valence-electron chi connectivity index (χ0n) is 14.8. The molecule has 0 fully saturated rings. The maximum absolute atomic E-state index is 12.1. The van der Waals surface area contributed by atoms with E-state index in [0.717, 1.165) is 0 Å². The van der Waals surface area contributed by atoms with Gasteiger partial charge in [0.05, 0.1) is 11.3 Å². The molecule has 0 saturated carbocycles. The summed E-state index contributed by atoms with van der Waals surface area (Å²) in [6.45, 7) is -0.195. The Morgan fingerprint density at radius 1 is 1.03 bits per heavy atom. The van der Waals surface area contributed by atoms with Gasteiger partial charge in [-0.1, -0.05) is 23.2 Å². The number of halogens is 2. The van der Waals surface area contributed by atoms with Crippen LogP contribution in [0.25, 0.3) is 23.1 Å². The van der Waals surface area contributed by atoms with E-state index in [0.29, 0.717) is 44.6 Å². The Labute approximate surface area is 175 Å². The molecular formula is C20H13Cl2N3O4. The minimum atomic E-state index is -0.332. The second-order valence-electron chi connectivity index (χ2n) is 5.88. The molecular weight excluding hydrogens is 417 g/mol. The van der Waals surface area contributed by atoms with Gasteiger partial charge in [0, 0.05) is 16.3 Å². The Morgan fingerprint density at radius 2 is 1.83 bits per heavy atom. The number of nitrogens with zero attached hydrogens (tertiary/aromatic N) is 2. The molecule has 0 unspecified atom stereocenters. The summed E-state index contributed by atoms with van der Waals surface area (Å²) in [5.41, 5.74) is 1.30. The summed E-state index contributed by atoms with van der Waals surface area (Å²) in [5.74, 6) is 1.18. The SMILES string of the molecule is O=C(COc1ccc(Cl)cc1Cl)Nc1ccc(-c2nnc(-c3ccco3)o2)cc1. The molecule has 2 aromatic carbocycles. The average Bonchev–Trinajstić information content (AvgIpc) is 3.40. The number of amides is 1. The van der Waals surface area contributed by atoms with Crippen LogP contribution in [0.3, 0.4) is 0 Å². The summed E-state index contributed by atoms with van der Waals surface area (Å²) in [7, 11) is 0. The van der Waals surface area contributed by atoms with E-state index in [2.05, 4.69) is 15.5 Å². The molecule has 1 N–H and O–H groups in total. The first-order valence-electron chi connectivity index (χ1n) is 8.44. The van der Waals surface area contributed by atoms with Crippen LogP contribution in [0, 0.1) is 0 Å². The van der Waals surface area contributed by atoms with E-state index in [1.807, 2.05) is 0 Å². The van der Waals surface area contributed by atoms with Gasteiger partial charge in [-0.3, -0.25) is 4.79 Å². The van der Waals surface area contributed by atoms with E-state index in [-0.39, 0.29) is 12.5 Å². The van der Waals surface area contributed by atoms with Gasteiger partial charge in [0.2, 0.25) is 5.89 Å². The molecule has 4 aromatic rings. The van der Waals surface area contributed by atoms with E-state index >= 15 is 0 Å². The topological polar surface area (TPSA) is 90.4 Å². The Balaban J connectivity index is 1.36. The van der Waals surface area contributed by atoms with Crippen molar-refractivity contribution >= 4 is 34.8 Å². The van der Waals surface area contributed by atoms with Crippen molar-refractivity contribution in [2.45, 2.75) is 0 Å². The van der Waals surface area contributed by atoms with Crippen molar-refractivity contribution in [3.8, 4) is 28.9 Å². The van der Waals surface area contributed by atoms with Crippen LogP contribution in [-0.2, 0) is 4.79 Å². The van der Waals surface area contributed by atoms with Crippen molar-refractivity contribution in [2.24, 2.45) is 0 Å². The third-order valence-electron chi connectivity index (χ3n) is 3.83. The predicted molar refractivity (Wildman–Crippen MR) is 108 cm³/mol. The van der Waals surface area contributed by atoms with Crippen molar-refractivity contribution in [3.05, 3.63) is 70.9 Å². The van der Waals surface area contributed by atoms with E-state index in [1.54, 1.807) is 54.6 Å². The number of benzene rings is 2. The number of aromatic nitrogens is 2. The fourth-order valence-corrected chi connectivity index (χ4v) is 2.93. The minimum absolute atomic E-state index is 0.195. The molecule has 146 valence electrons. The second kappa shape index (κ2) is 8.38. The Bertz CT molecular complexity index is 1130. The van der Waals surface area contributed by atoms with Gasteiger partial charge >= 0.3 is 0 Å². The van der Waals surface area contributed by atoms with Crippen LogP contribution in [-0.4, -0.2) is 22.7 Å². The monoisotopic (exact) mass is 429 g/mol. The van der Waals surface area contributed by atoms with Gasteiger partial charge in [0.1, 0.15) is 5.75 Å². The van der Waals surface area contributed by atoms with Gasteiger partial charge in [0.25, 0.3) is 11.8 Å². The first kappa shape index (κ1) is 19.0. The Hall–Kier alpha value is -3.29. The molecule has 0 spiro atoms. The number of carbonyl (C=O) groups is 1. The number of anilines is 1. The average molecular weight is 430 g/mol. The highest BCUT2D eigenvalue weighted by Gasteiger charge is 2.13. The molecule has 2 aromatic heterocycles. The normalized spacial score (nSPS) is 10.7. The van der Waals surface area contributed by atoms with Crippen molar-refractivity contribution < 1.29 is 18.4 Å². The van der Waals surface area contributed by atoms with Gasteiger partial charge in [-0.15, -0.1) is 10.2 Å². The minimum Gasteiger partial charge on any atom is -0.482 e. The van der Waals surface area contributed by atoms with Crippen LogP contribution in [0.5, 0.6) is 5.75 Å². The summed E-state index contributed by atoms with van der Waals surface area (Å²) in [4.78, 5) is 12.1. The van der Waals surface area contributed by atoms with Crippen molar-refractivity contribution in [2.75, 3.05) is 11.9 Å². The lowest BCUT2D eigenvalue weighted by Crippen LogP contribution is -2.20. The molecule has 0 aliphatic rings. The van der Waals surface area contributed by atoms with Crippen molar-refractivity contribution in [1.29, 1.82) is 0 Å². The second-order valence-corrected chi connectivity index (χ2v) is 6.72. The molecule has 29 heavy (non-hydrogen) atoms. The lowest BCUT2D eigenvalue weighted by molar-refractivity contribution is -0.118. The standard InChI is InChI=1S/C20H13Cl2N3O4/c21-13-5-8-16(15(22)10-13)28-11-18(26)23-14-6-3-12(4-7-14)19-24-25-20(29-19)17-2-1-9-27-17/h1-10H,11H2,(H,23,26). The number of furan rings is 1. The molecule has 0 atom stereocenters. The maximum atomic E-state index is 12.1. The third-order valence-corrected chi connectivity index (χ3v) is 4.36. The third kappa shape index (κ3) is 4.59. The highest BCUT2D eigenvalue weighted by Crippen LogP contribution is 2.28. The van der Waals surface area contributed by atoms with Crippen molar-refractivity contribution in [1.82, 2.24) is 10.2 Å². The molecule has 0 aliphatic heterocycles. The first-order chi connectivity index (χ1) is 14.1. The van der Waals surface area contributed by atoms with Crippen LogP contribution < -0.4 is 10.1 Å². The molecule has 9 heteroatoms. The molecule has 4 rings (SSSR count). The maximum Gasteiger partial charge on any atom is 0.283 e. The molecule has 0 aliphatic carbocycles. The van der Waals surface area contributed by atoms with E-state index in [9.17, 15) is 4.79 Å². The number of carbonyl (C=O) groups excluding carboxylic acids is 1. The zero-order valence-corrected chi connectivity index (χ0v) is 16.3. The predicted octanol–water partition coefficient (Wildman–Crippen LogP) is 5.32. The molecule has 7 nitrogen and oxygen atoms in total. The number of hydrogen-bond donors (Lipinski definition) is 1. The summed E-state index contributed by atoms with van der Waals surface area (Å²) < 4.78 is 16.2. The van der Waals surface area contributed by atoms with E-state index in [1.165, 1.54) is 6.26 Å². The molecule has 2 heterocycles. The van der Waals surface area contributed by atoms with Gasteiger partial charge < -0.3 is 18.9 Å². The molecule has 0 bridgehead atoms. The number of nitrogens with one attached hydrogen (secondary N) is 1. The van der Waals surface area contributed by atoms with E-state index in [4.69, 9.17) is 36.8 Å². The summed E-state index contributed by atoms with van der Waals surface area (Å²) in [6.07, 6.45) is 1.53. The number of hydrogen-bond acceptors (Lipinski definition) is 6. The molecule has 0 saturated heterocycles. The molecule has 0 radical (unpaired) electrons. The van der Waals surface area contributed by atoms with Crippen LogP contribution >= 0.6 is 23.2 Å². The zero-order chi connectivity index (χ0) is 20.2. The van der Waals surface area contributed by atoms with Crippen LogP contribution in [0.1, 0.15) is 0 Å². The number of ether oxygens (including phenoxy) is 1. The number of rotatable bonds is 6. The fourth-order valence-electron chi connectivity index (χ4n) is 2.47. The largest absolute Gasteiger partial charge is 0.482 e. The Morgan fingerprint density at radius 3 is 2.55 bits per heavy atom. The van der Waals surface area contributed by atoms with Crippen LogP contribution in [0.2, 0.25) is 10.0 Å². The quantitative estimate of drug-likeness (QED) is 0.445. The molecule has 1 amide bonds. The highest BCUT2D eigenvalue weighted by molar-refractivity contribution is 6.35. The highest BCUT2D eigenvalue weighted by atomic mass is 35.5.